The maximum atomic E-state index is 10.8. The predicted molar refractivity (Wildman–Crippen MR) is 68.6 cm³/mol. The number of hydrogen-bond acceptors (Lipinski definition) is 5. The Morgan fingerprint density at radius 3 is 2.11 bits per heavy atom. The highest BCUT2D eigenvalue weighted by Gasteiger charge is 2.04. The van der Waals surface area contributed by atoms with Crippen molar-refractivity contribution in [2.24, 2.45) is 0 Å². The SMILES string of the molecule is O=S(O)c1ccc(Nc2nc(Cl)nc(Cl)n2)cc1. The summed E-state index contributed by atoms with van der Waals surface area (Å²) in [5.41, 5.74) is 0.627. The largest absolute Gasteiger partial charge is 0.324 e. The van der Waals surface area contributed by atoms with Crippen LogP contribution in [0.2, 0.25) is 10.6 Å². The molecule has 0 spiro atoms. The number of benzene rings is 1. The fraction of sp³-hybridized carbons (Fsp3) is 0. The molecule has 0 aliphatic rings. The van der Waals surface area contributed by atoms with Crippen molar-refractivity contribution >= 4 is 45.9 Å². The highest BCUT2D eigenvalue weighted by molar-refractivity contribution is 7.79. The molecule has 9 heteroatoms. The Labute approximate surface area is 115 Å². The van der Waals surface area contributed by atoms with E-state index in [0.717, 1.165) is 0 Å². The van der Waals surface area contributed by atoms with Gasteiger partial charge in [-0.05, 0) is 47.5 Å². The van der Waals surface area contributed by atoms with E-state index in [2.05, 4.69) is 20.3 Å². The van der Waals surface area contributed by atoms with Gasteiger partial charge in [-0.3, -0.25) is 0 Å². The van der Waals surface area contributed by atoms with Gasteiger partial charge in [0.25, 0.3) is 0 Å². The van der Waals surface area contributed by atoms with Gasteiger partial charge in [0, 0.05) is 5.69 Å². The molecule has 0 amide bonds. The van der Waals surface area contributed by atoms with E-state index in [-0.39, 0.29) is 16.5 Å². The van der Waals surface area contributed by atoms with Crippen molar-refractivity contribution in [2.45, 2.75) is 4.90 Å². The number of hydrogen-bond donors (Lipinski definition) is 2. The summed E-state index contributed by atoms with van der Waals surface area (Å²) >= 11 is 9.24. The molecule has 2 rings (SSSR count). The minimum Gasteiger partial charge on any atom is -0.324 e. The van der Waals surface area contributed by atoms with Crippen molar-refractivity contribution in [2.75, 3.05) is 5.32 Å². The van der Waals surface area contributed by atoms with Crippen LogP contribution in [0.4, 0.5) is 11.6 Å². The molecule has 2 aromatic rings. The fourth-order valence-corrected chi connectivity index (χ4v) is 1.90. The number of nitrogens with one attached hydrogen (secondary N) is 1. The molecule has 1 heterocycles. The minimum absolute atomic E-state index is 0.0226. The van der Waals surface area contributed by atoms with E-state index in [0.29, 0.717) is 10.6 Å². The van der Waals surface area contributed by atoms with Crippen LogP contribution >= 0.6 is 23.2 Å². The summed E-state index contributed by atoms with van der Waals surface area (Å²) < 4.78 is 19.6. The lowest BCUT2D eigenvalue weighted by molar-refractivity contribution is 0.564. The van der Waals surface area contributed by atoms with Crippen molar-refractivity contribution in [3.8, 4) is 0 Å². The molecular formula is C9H6Cl2N4O2S. The van der Waals surface area contributed by atoms with Gasteiger partial charge >= 0.3 is 0 Å². The summed E-state index contributed by atoms with van der Waals surface area (Å²) in [5, 5.41) is 2.79. The van der Waals surface area contributed by atoms with Crippen molar-refractivity contribution in [1.29, 1.82) is 0 Å². The third kappa shape index (κ3) is 3.36. The van der Waals surface area contributed by atoms with Gasteiger partial charge in [0.1, 0.15) is 0 Å². The summed E-state index contributed by atoms with van der Waals surface area (Å²) in [6.07, 6.45) is 0. The van der Waals surface area contributed by atoms with Gasteiger partial charge in [-0.25, -0.2) is 4.21 Å². The van der Waals surface area contributed by atoms with Gasteiger partial charge < -0.3 is 9.87 Å². The molecule has 0 fully saturated rings. The van der Waals surface area contributed by atoms with E-state index in [9.17, 15) is 4.21 Å². The van der Waals surface area contributed by atoms with E-state index in [1.54, 1.807) is 12.1 Å². The molecule has 94 valence electrons. The van der Waals surface area contributed by atoms with Gasteiger partial charge in [0.15, 0.2) is 11.1 Å². The molecule has 0 bridgehead atoms. The number of nitrogens with zero attached hydrogens (tertiary/aromatic N) is 3. The molecule has 1 unspecified atom stereocenters. The van der Waals surface area contributed by atoms with Crippen LogP contribution in [0.25, 0.3) is 0 Å². The molecule has 0 saturated carbocycles. The first-order valence-corrected chi connectivity index (χ1v) is 6.46. The lowest BCUT2D eigenvalue weighted by Gasteiger charge is -2.05. The monoisotopic (exact) mass is 304 g/mol. The van der Waals surface area contributed by atoms with E-state index < -0.39 is 11.1 Å². The first kappa shape index (κ1) is 13.2. The summed E-state index contributed by atoms with van der Waals surface area (Å²) in [4.78, 5) is 11.6. The molecule has 0 radical (unpaired) electrons. The number of rotatable bonds is 3. The third-order valence-corrected chi connectivity index (χ3v) is 2.91. The summed E-state index contributed by atoms with van der Waals surface area (Å²) in [6, 6.07) is 6.22. The number of halogens is 2. The zero-order valence-electron chi connectivity index (χ0n) is 8.67. The molecule has 0 aliphatic carbocycles. The first-order valence-electron chi connectivity index (χ1n) is 4.59. The standard InChI is InChI=1S/C9H6Cl2N4O2S/c10-7-13-8(11)15-9(14-7)12-5-1-3-6(4-2-5)18(16)17/h1-4H,(H,16,17)(H,12,13,14,15). The van der Waals surface area contributed by atoms with Gasteiger partial charge in [-0.2, -0.15) is 15.0 Å². The molecule has 0 saturated heterocycles. The highest BCUT2D eigenvalue weighted by atomic mass is 35.5. The predicted octanol–water partition coefficient (Wildman–Crippen LogP) is 2.50. The van der Waals surface area contributed by atoms with Gasteiger partial charge in [-0.1, -0.05) is 0 Å². The van der Waals surface area contributed by atoms with Crippen molar-refractivity contribution in [3.05, 3.63) is 34.8 Å². The summed E-state index contributed by atoms with van der Waals surface area (Å²) in [7, 11) is 0. The van der Waals surface area contributed by atoms with Crippen molar-refractivity contribution in [3.63, 3.8) is 0 Å². The van der Waals surface area contributed by atoms with Crippen LogP contribution in [0.1, 0.15) is 0 Å². The van der Waals surface area contributed by atoms with Crippen LogP contribution in [0, 0.1) is 0 Å². The molecule has 2 N–H and O–H groups in total. The Balaban J connectivity index is 2.20. The van der Waals surface area contributed by atoms with Gasteiger partial charge in [0.2, 0.25) is 16.5 Å². The van der Waals surface area contributed by atoms with Crippen LogP contribution in [0.15, 0.2) is 29.2 Å². The van der Waals surface area contributed by atoms with Crippen LogP contribution in [0.3, 0.4) is 0 Å². The molecule has 1 aromatic carbocycles. The van der Waals surface area contributed by atoms with Gasteiger partial charge in [0.05, 0.1) is 4.90 Å². The van der Waals surface area contributed by atoms with Crippen LogP contribution in [-0.4, -0.2) is 23.7 Å². The Morgan fingerprint density at radius 2 is 1.61 bits per heavy atom. The molecular weight excluding hydrogens is 299 g/mol. The quantitative estimate of drug-likeness (QED) is 0.847. The molecule has 6 nitrogen and oxygen atoms in total. The van der Waals surface area contributed by atoms with Crippen LogP contribution < -0.4 is 5.32 Å². The number of aromatic nitrogens is 3. The molecule has 1 aromatic heterocycles. The minimum atomic E-state index is -2.00. The Hall–Kier alpha value is -1.28. The second-order valence-electron chi connectivity index (χ2n) is 3.10. The lowest BCUT2D eigenvalue weighted by atomic mass is 10.3. The normalized spacial score (nSPS) is 12.2. The van der Waals surface area contributed by atoms with Gasteiger partial charge in [-0.15, -0.1) is 0 Å². The smallest absolute Gasteiger partial charge is 0.232 e. The second kappa shape index (κ2) is 5.57. The van der Waals surface area contributed by atoms with Crippen LogP contribution in [-0.2, 0) is 11.1 Å². The maximum Gasteiger partial charge on any atom is 0.232 e. The molecule has 1 atom stereocenters. The topological polar surface area (TPSA) is 88.0 Å². The zero-order valence-corrected chi connectivity index (χ0v) is 11.0. The van der Waals surface area contributed by atoms with E-state index >= 15 is 0 Å². The Bertz CT molecular complexity index is 573. The summed E-state index contributed by atoms with van der Waals surface area (Å²) in [6.45, 7) is 0. The average Bonchev–Trinajstić information content (AvgIpc) is 2.28. The third-order valence-electron chi connectivity index (χ3n) is 1.89. The second-order valence-corrected chi connectivity index (χ2v) is 4.74. The summed E-state index contributed by atoms with van der Waals surface area (Å²) in [5.74, 6) is 0.192. The Kier molecular flexibility index (Phi) is 4.07. The first-order chi connectivity index (χ1) is 8.54. The zero-order chi connectivity index (χ0) is 13.1. The lowest BCUT2D eigenvalue weighted by Crippen LogP contribution is -1.99. The number of anilines is 2. The van der Waals surface area contributed by atoms with Crippen molar-refractivity contribution < 1.29 is 8.76 Å². The van der Waals surface area contributed by atoms with Crippen LogP contribution in [0.5, 0.6) is 0 Å². The van der Waals surface area contributed by atoms with E-state index in [1.165, 1.54) is 12.1 Å². The van der Waals surface area contributed by atoms with E-state index in [1.807, 2.05) is 0 Å². The average molecular weight is 305 g/mol. The highest BCUT2D eigenvalue weighted by Crippen LogP contribution is 2.17. The van der Waals surface area contributed by atoms with E-state index in [4.69, 9.17) is 27.8 Å². The van der Waals surface area contributed by atoms with Crippen molar-refractivity contribution in [1.82, 2.24) is 15.0 Å². The Morgan fingerprint density at radius 1 is 1.06 bits per heavy atom. The molecule has 18 heavy (non-hydrogen) atoms. The molecule has 0 aliphatic heterocycles. The maximum absolute atomic E-state index is 10.8. The fourth-order valence-electron chi connectivity index (χ4n) is 1.17.